The van der Waals surface area contributed by atoms with Crippen LogP contribution in [0.3, 0.4) is 0 Å². The lowest BCUT2D eigenvalue weighted by Crippen LogP contribution is -2.32. The lowest BCUT2D eigenvalue weighted by Gasteiger charge is -2.06. The van der Waals surface area contributed by atoms with E-state index < -0.39 is 0 Å². The van der Waals surface area contributed by atoms with E-state index in [-0.39, 0.29) is 0 Å². The summed E-state index contributed by atoms with van der Waals surface area (Å²) in [5.74, 6) is 0. The van der Waals surface area contributed by atoms with Crippen LogP contribution in [0.15, 0.2) is 49.1 Å². The van der Waals surface area contributed by atoms with Crippen molar-refractivity contribution < 1.29 is 9.13 Å². The highest BCUT2D eigenvalue weighted by molar-refractivity contribution is 5.40. The molecule has 0 aromatic carbocycles. The Kier molecular flexibility index (Phi) is 18.4. The van der Waals surface area contributed by atoms with E-state index in [2.05, 4.69) is 82.7 Å². The van der Waals surface area contributed by atoms with Gasteiger partial charge in [-0.1, -0.05) is 84.5 Å². The van der Waals surface area contributed by atoms with E-state index >= 15 is 0 Å². The van der Waals surface area contributed by atoms with Crippen LogP contribution in [0.5, 0.6) is 0 Å². The van der Waals surface area contributed by atoms with Crippen molar-refractivity contribution in [1.29, 1.82) is 0 Å². The van der Waals surface area contributed by atoms with Gasteiger partial charge in [-0.05, 0) is 25.7 Å². The maximum absolute atomic E-state index is 3.56. The van der Waals surface area contributed by atoms with Crippen LogP contribution in [0.25, 0.3) is 0 Å². The smallest absolute Gasteiger partial charge is 0.170 e. The second-order valence-electron chi connectivity index (χ2n) is 10.8. The number of aryl methyl sites for hydroxylation is 2. The van der Waals surface area contributed by atoms with E-state index in [0.29, 0.717) is 0 Å². The standard InChI is InChI=1S/C33H56N4/c1-3-5-7-12-16-24-34-32-20-28-36(29-21-32)26-18-14-10-9-11-15-19-27-37-30-22-33(23-31-37)35-25-17-13-8-6-4-2/h20-23,28-31H,3-19,24-27H2,1-2H3/p+2. The van der Waals surface area contributed by atoms with Gasteiger partial charge in [0.1, 0.15) is 13.1 Å². The summed E-state index contributed by atoms with van der Waals surface area (Å²) in [6.45, 7) is 9.00. The first-order chi connectivity index (χ1) is 18.3. The van der Waals surface area contributed by atoms with Crippen molar-refractivity contribution in [3.8, 4) is 0 Å². The first kappa shape index (κ1) is 31.1. The second-order valence-corrected chi connectivity index (χ2v) is 10.8. The second kappa shape index (κ2) is 21.9. The van der Waals surface area contributed by atoms with Gasteiger partial charge in [0, 0.05) is 61.6 Å². The van der Waals surface area contributed by atoms with Crippen molar-refractivity contribution >= 4 is 11.4 Å². The molecule has 0 saturated carbocycles. The fraction of sp³-hybridized carbons (Fsp3) is 0.697. The Hall–Kier alpha value is -2.10. The lowest BCUT2D eigenvalue weighted by atomic mass is 10.1. The molecule has 0 saturated heterocycles. The van der Waals surface area contributed by atoms with Crippen LogP contribution in [0.4, 0.5) is 11.4 Å². The Morgan fingerprint density at radius 2 is 0.757 bits per heavy atom. The molecule has 0 amide bonds. The molecule has 37 heavy (non-hydrogen) atoms. The molecule has 0 spiro atoms. The third-order valence-electron chi connectivity index (χ3n) is 7.33. The molecular formula is C33H58N4+2. The van der Waals surface area contributed by atoms with Crippen LogP contribution in [0.2, 0.25) is 0 Å². The quantitative estimate of drug-likeness (QED) is 0.110. The molecule has 4 heteroatoms. The molecule has 0 aliphatic rings. The summed E-state index contributed by atoms with van der Waals surface area (Å²) in [5.41, 5.74) is 2.51. The molecule has 2 N–H and O–H groups in total. The maximum Gasteiger partial charge on any atom is 0.170 e. The Bertz CT molecular complexity index is 691. The molecule has 2 rings (SSSR count). The van der Waals surface area contributed by atoms with Gasteiger partial charge in [-0.15, -0.1) is 0 Å². The molecule has 0 fully saturated rings. The normalized spacial score (nSPS) is 11.1. The average molecular weight is 511 g/mol. The third-order valence-corrected chi connectivity index (χ3v) is 7.33. The van der Waals surface area contributed by atoms with Gasteiger partial charge < -0.3 is 10.6 Å². The molecule has 0 aliphatic carbocycles. The Morgan fingerprint density at radius 1 is 0.432 bits per heavy atom. The fourth-order valence-corrected chi connectivity index (χ4v) is 4.84. The van der Waals surface area contributed by atoms with E-state index in [1.165, 1.54) is 121 Å². The zero-order chi connectivity index (χ0) is 26.2. The van der Waals surface area contributed by atoms with Gasteiger partial charge >= 0.3 is 0 Å². The number of anilines is 2. The van der Waals surface area contributed by atoms with Gasteiger partial charge in [-0.25, -0.2) is 9.13 Å². The van der Waals surface area contributed by atoms with Crippen LogP contribution in [0.1, 0.15) is 123 Å². The van der Waals surface area contributed by atoms with Crippen LogP contribution in [-0.4, -0.2) is 13.1 Å². The molecule has 2 aromatic rings. The molecule has 0 atom stereocenters. The zero-order valence-corrected chi connectivity index (χ0v) is 24.4. The predicted octanol–water partition coefficient (Wildman–Crippen LogP) is 8.46. The molecule has 4 nitrogen and oxygen atoms in total. The average Bonchev–Trinajstić information content (AvgIpc) is 2.93. The molecule has 2 heterocycles. The largest absolute Gasteiger partial charge is 0.385 e. The van der Waals surface area contributed by atoms with Gasteiger partial charge in [-0.3, -0.25) is 0 Å². The number of nitrogens with zero attached hydrogens (tertiary/aromatic N) is 2. The van der Waals surface area contributed by atoms with E-state index in [1.54, 1.807) is 0 Å². The summed E-state index contributed by atoms with van der Waals surface area (Å²) >= 11 is 0. The number of aromatic nitrogens is 2. The molecule has 0 unspecified atom stereocenters. The topological polar surface area (TPSA) is 31.8 Å². The van der Waals surface area contributed by atoms with Crippen molar-refractivity contribution in [2.75, 3.05) is 23.7 Å². The van der Waals surface area contributed by atoms with Gasteiger partial charge in [0.25, 0.3) is 0 Å². The monoisotopic (exact) mass is 510 g/mol. The molecule has 0 aliphatic heterocycles. The van der Waals surface area contributed by atoms with Crippen molar-refractivity contribution in [1.82, 2.24) is 0 Å². The lowest BCUT2D eigenvalue weighted by molar-refractivity contribution is -0.697. The SMILES string of the molecule is CCCCCCCNc1cc[n+](CCCCCCCCC[n+]2ccc(NCCCCCCC)cc2)cc1. The predicted molar refractivity (Wildman–Crippen MR) is 160 cm³/mol. The van der Waals surface area contributed by atoms with E-state index in [0.717, 1.165) is 26.2 Å². The number of hydrogen-bond acceptors (Lipinski definition) is 2. The van der Waals surface area contributed by atoms with Gasteiger partial charge in [0.15, 0.2) is 24.8 Å². The number of rotatable bonds is 24. The summed E-state index contributed by atoms with van der Waals surface area (Å²) < 4.78 is 4.66. The molecule has 208 valence electrons. The van der Waals surface area contributed by atoms with Crippen molar-refractivity contribution in [3.63, 3.8) is 0 Å². The van der Waals surface area contributed by atoms with Crippen molar-refractivity contribution in [2.24, 2.45) is 0 Å². The van der Waals surface area contributed by atoms with E-state index in [9.17, 15) is 0 Å². The van der Waals surface area contributed by atoms with Gasteiger partial charge in [-0.2, -0.15) is 0 Å². The zero-order valence-electron chi connectivity index (χ0n) is 24.4. The molecule has 0 bridgehead atoms. The van der Waals surface area contributed by atoms with Gasteiger partial charge in [0.2, 0.25) is 0 Å². The minimum atomic E-state index is 1.09. The van der Waals surface area contributed by atoms with Crippen LogP contribution in [0, 0.1) is 0 Å². The number of pyridine rings is 2. The summed E-state index contributed by atoms with van der Waals surface area (Å²) in [6.07, 6.45) is 31.6. The summed E-state index contributed by atoms with van der Waals surface area (Å²) in [5, 5.41) is 7.12. The Morgan fingerprint density at radius 3 is 1.14 bits per heavy atom. The molecule has 0 radical (unpaired) electrons. The van der Waals surface area contributed by atoms with Crippen LogP contribution >= 0.6 is 0 Å². The highest BCUT2D eigenvalue weighted by atomic mass is 14.9. The Balaban J connectivity index is 1.41. The number of hydrogen-bond donors (Lipinski definition) is 2. The number of nitrogens with one attached hydrogen (secondary N) is 2. The van der Waals surface area contributed by atoms with E-state index in [1.807, 2.05) is 0 Å². The summed E-state index contributed by atoms with van der Waals surface area (Å²) in [4.78, 5) is 0. The van der Waals surface area contributed by atoms with Crippen LogP contribution < -0.4 is 19.8 Å². The summed E-state index contributed by atoms with van der Waals surface area (Å²) in [6, 6.07) is 8.90. The van der Waals surface area contributed by atoms with Crippen molar-refractivity contribution in [2.45, 2.75) is 136 Å². The first-order valence-corrected chi connectivity index (χ1v) is 15.8. The Labute approximate surface area is 229 Å². The van der Waals surface area contributed by atoms with E-state index in [4.69, 9.17) is 0 Å². The number of unbranched alkanes of at least 4 members (excludes halogenated alkanes) is 14. The van der Waals surface area contributed by atoms with Crippen LogP contribution in [-0.2, 0) is 13.1 Å². The minimum absolute atomic E-state index is 1.09. The highest BCUT2D eigenvalue weighted by Crippen LogP contribution is 2.10. The molecular weight excluding hydrogens is 452 g/mol. The highest BCUT2D eigenvalue weighted by Gasteiger charge is 2.03. The first-order valence-electron chi connectivity index (χ1n) is 15.8. The van der Waals surface area contributed by atoms with Gasteiger partial charge in [0.05, 0.1) is 0 Å². The maximum atomic E-state index is 3.56. The van der Waals surface area contributed by atoms with Crippen molar-refractivity contribution in [3.05, 3.63) is 49.1 Å². The molecule has 2 aromatic heterocycles. The summed E-state index contributed by atoms with van der Waals surface area (Å²) in [7, 11) is 0. The fourth-order valence-electron chi connectivity index (χ4n) is 4.84. The third kappa shape index (κ3) is 16.4. The minimum Gasteiger partial charge on any atom is -0.385 e.